The largest absolute Gasteiger partial charge is 0.495 e. The summed E-state index contributed by atoms with van der Waals surface area (Å²) in [6, 6.07) is 20.3. The zero-order chi connectivity index (χ0) is 29.1. The van der Waals surface area contributed by atoms with Crippen molar-refractivity contribution in [1.29, 1.82) is 0 Å². The van der Waals surface area contributed by atoms with E-state index in [1.165, 1.54) is 5.06 Å². The molecule has 3 amide bonds. The molecule has 3 heterocycles. The molecular weight excluding hydrogens is 532 g/mol. The molecule has 4 aromatic rings. The Balaban J connectivity index is 1.11. The highest BCUT2D eigenvalue weighted by Crippen LogP contribution is 2.34. The van der Waals surface area contributed by atoms with E-state index in [-0.39, 0.29) is 18.0 Å². The van der Waals surface area contributed by atoms with Gasteiger partial charge in [0.05, 0.1) is 31.0 Å². The van der Waals surface area contributed by atoms with Gasteiger partial charge in [0.25, 0.3) is 5.91 Å². The quantitative estimate of drug-likeness (QED) is 0.326. The number of hydrogen-bond acceptors (Lipinski definition) is 7. The predicted molar refractivity (Wildman–Crippen MR) is 157 cm³/mol. The molecule has 2 aliphatic heterocycles. The Hall–Kier alpha value is -5.40. The molecule has 1 saturated heterocycles. The Labute approximate surface area is 243 Å². The number of carbonyl (C=O) groups excluding carboxylic acids is 2. The van der Waals surface area contributed by atoms with Crippen LogP contribution in [0.3, 0.4) is 0 Å². The fourth-order valence-electron chi connectivity index (χ4n) is 4.97. The van der Waals surface area contributed by atoms with Crippen LogP contribution in [0.25, 0.3) is 0 Å². The maximum Gasteiger partial charge on any atom is 0.346 e. The van der Waals surface area contributed by atoms with Crippen LogP contribution in [0.5, 0.6) is 5.75 Å². The summed E-state index contributed by atoms with van der Waals surface area (Å²) >= 11 is 0. The molecular formula is C32H28N6O4. The summed E-state index contributed by atoms with van der Waals surface area (Å²) in [4.78, 5) is 41.4. The van der Waals surface area contributed by atoms with Crippen molar-refractivity contribution >= 4 is 29.3 Å². The first-order valence-corrected chi connectivity index (χ1v) is 13.4. The van der Waals surface area contributed by atoms with Gasteiger partial charge in [0.15, 0.2) is 0 Å². The molecule has 1 atom stereocenters. The fraction of sp³-hybridized carbons (Fsp3) is 0.188. The Kier molecular flexibility index (Phi) is 7.41. The van der Waals surface area contributed by atoms with Crippen LogP contribution in [-0.2, 0) is 11.4 Å². The maximum atomic E-state index is 13.0. The van der Waals surface area contributed by atoms with Gasteiger partial charge in [-0.2, -0.15) is 5.06 Å². The van der Waals surface area contributed by atoms with Gasteiger partial charge in [-0.25, -0.2) is 14.8 Å². The lowest BCUT2D eigenvalue weighted by molar-refractivity contribution is -0.0829. The lowest BCUT2D eigenvalue weighted by atomic mass is 10.1. The van der Waals surface area contributed by atoms with Crippen LogP contribution >= 0.6 is 0 Å². The van der Waals surface area contributed by atoms with Crippen LogP contribution < -0.4 is 15.4 Å². The van der Waals surface area contributed by atoms with Crippen LogP contribution in [0.4, 0.5) is 22.1 Å². The van der Waals surface area contributed by atoms with Crippen molar-refractivity contribution in [2.75, 3.05) is 31.4 Å². The van der Waals surface area contributed by atoms with Gasteiger partial charge in [-0.05, 0) is 41.5 Å². The molecule has 1 fully saturated rings. The number of ether oxygens (including phenoxy) is 1. The van der Waals surface area contributed by atoms with Gasteiger partial charge >= 0.3 is 6.03 Å². The van der Waals surface area contributed by atoms with Crippen LogP contribution in [-0.4, -0.2) is 52.6 Å². The molecule has 3 aromatic carbocycles. The topological polar surface area (TPSA) is 109 Å². The monoisotopic (exact) mass is 560 g/mol. The molecule has 0 radical (unpaired) electrons. The normalized spacial score (nSPS) is 15.6. The lowest BCUT2D eigenvalue weighted by Crippen LogP contribution is -2.33. The number of nitrogens with one attached hydrogen (secondary N) is 2. The third kappa shape index (κ3) is 5.59. The van der Waals surface area contributed by atoms with Crippen molar-refractivity contribution in [2.45, 2.75) is 19.0 Å². The van der Waals surface area contributed by atoms with Gasteiger partial charge in [-0.15, -0.1) is 0 Å². The number of carbonyl (C=O) groups is 2. The number of methoxy groups -OCH3 is 1. The number of benzene rings is 3. The molecule has 42 heavy (non-hydrogen) atoms. The number of nitrogens with zero attached hydrogens (tertiary/aromatic N) is 4. The summed E-state index contributed by atoms with van der Waals surface area (Å²) in [5, 5.41) is 7.44. The Morgan fingerprint density at radius 1 is 1.02 bits per heavy atom. The van der Waals surface area contributed by atoms with E-state index < -0.39 is 0 Å². The van der Waals surface area contributed by atoms with Gasteiger partial charge in [0.2, 0.25) is 5.95 Å². The van der Waals surface area contributed by atoms with Crippen LogP contribution in [0.1, 0.15) is 45.1 Å². The molecule has 0 saturated carbocycles. The van der Waals surface area contributed by atoms with Crippen LogP contribution in [0, 0.1) is 11.8 Å². The summed E-state index contributed by atoms with van der Waals surface area (Å²) in [5.41, 5.74) is 5.12. The molecule has 10 heteroatoms. The number of anilines is 3. The van der Waals surface area contributed by atoms with Crippen LogP contribution in [0.15, 0.2) is 79.1 Å². The fourth-order valence-corrected chi connectivity index (χ4v) is 4.97. The maximum absolute atomic E-state index is 13.0. The van der Waals surface area contributed by atoms with Gasteiger partial charge < -0.3 is 20.3 Å². The van der Waals surface area contributed by atoms with Crippen molar-refractivity contribution in [3.63, 3.8) is 0 Å². The third-order valence-corrected chi connectivity index (χ3v) is 7.06. The van der Waals surface area contributed by atoms with Gasteiger partial charge in [-0.1, -0.05) is 48.2 Å². The van der Waals surface area contributed by atoms with Gasteiger partial charge in [-0.3, -0.25) is 9.63 Å². The van der Waals surface area contributed by atoms with E-state index >= 15 is 0 Å². The minimum atomic E-state index is -0.334. The number of fused-ring (bicyclic) bond motifs is 1. The van der Waals surface area contributed by atoms with Crippen LogP contribution in [0.2, 0.25) is 0 Å². The molecule has 2 aliphatic rings. The van der Waals surface area contributed by atoms with E-state index in [2.05, 4.69) is 32.4 Å². The highest BCUT2D eigenvalue weighted by atomic mass is 16.7. The SMILES string of the molecule is COc1cc2c(cc1Nc1ncc(C#Cc3cccc(NC(=O)N4OCC[C@H]4c4ccccc4)c3)cn1)C(=O)N(C)C2. The Morgan fingerprint density at radius 2 is 1.81 bits per heavy atom. The molecule has 2 N–H and O–H groups in total. The average Bonchev–Trinajstić information content (AvgIpc) is 3.62. The van der Waals surface area contributed by atoms with Crippen molar-refractivity contribution in [1.82, 2.24) is 19.9 Å². The minimum absolute atomic E-state index is 0.0355. The summed E-state index contributed by atoms with van der Waals surface area (Å²) < 4.78 is 5.51. The molecule has 210 valence electrons. The number of rotatable bonds is 5. The Morgan fingerprint density at radius 3 is 2.60 bits per heavy atom. The minimum Gasteiger partial charge on any atom is -0.495 e. The van der Waals surface area contributed by atoms with Gasteiger partial charge in [0, 0.05) is 49.2 Å². The average molecular weight is 561 g/mol. The highest BCUT2D eigenvalue weighted by Gasteiger charge is 2.32. The lowest BCUT2D eigenvalue weighted by Gasteiger charge is -2.23. The van der Waals surface area contributed by atoms with E-state index in [1.807, 2.05) is 48.5 Å². The number of hydrogen-bond donors (Lipinski definition) is 2. The van der Waals surface area contributed by atoms with E-state index in [0.29, 0.717) is 47.4 Å². The molecule has 0 spiro atoms. The highest BCUT2D eigenvalue weighted by molar-refractivity contribution is 5.99. The second-order valence-electron chi connectivity index (χ2n) is 9.93. The van der Waals surface area contributed by atoms with Crippen molar-refractivity contribution in [3.05, 3.63) is 107 Å². The summed E-state index contributed by atoms with van der Waals surface area (Å²) in [6.07, 6.45) is 3.96. The molecule has 0 unspecified atom stereocenters. The second kappa shape index (κ2) is 11.6. The molecule has 0 aliphatic carbocycles. The van der Waals surface area contributed by atoms with E-state index in [4.69, 9.17) is 9.57 Å². The molecule has 6 rings (SSSR count). The van der Waals surface area contributed by atoms with E-state index in [0.717, 1.165) is 23.1 Å². The Bertz CT molecular complexity index is 1700. The predicted octanol–water partition coefficient (Wildman–Crippen LogP) is 5.12. The zero-order valence-corrected chi connectivity index (χ0v) is 23.1. The number of amides is 3. The van der Waals surface area contributed by atoms with Crippen molar-refractivity contribution in [2.24, 2.45) is 0 Å². The smallest absolute Gasteiger partial charge is 0.346 e. The van der Waals surface area contributed by atoms with Crippen molar-refractivity contribution < 1.29 is 19.2 Å². The van der Waals surface area contributed by atoms with Crippen molar-refractivity contribution in [3.8, 4) is 17.6 Å². The van der Waals surface area contributed by atoms with Gasteiger partial charge in [0.1, 0.15) is 5.75 Å². The summed E-state index contributed by atoms with van der Waals surface area (Å²) in [7, 11) is 3.34. The standard InChI is InChI=1S/C32H28N6O4/c1-37-20-24-16-29(41-2)27(17-26(24)30(37)39)36-31-33-18-22(19-34-31)12-11-21-7-6-10-25(15-21)35-32(40)38-28(13-14-42-38)23-8-4-3-5-9-23/h3-10,15-19,28H,13-14,20H2,1-2H3,(H,35,40)(H,33,34,36)/t28-/m0/s1. The molecule has 0 bridgehead atoms. The molecule has 1 aromatic heterocycles. The number of hydroxylamine groups is 2. The summed E-state index contributed by atoms with van der Waals surface area (Å²) in [5.74, 6) is 7.06. The first-order chi connectivity index (χ1) is 20.5. The molecule has 10 nitrogen and oxygen atoms in total. The van der Waals surface area contributed by atoms with E-state index in [9.17, 15) is 9.59 Å². The summed E-state index contributed by atoms with van der Waals surface area (Å²) in [6.45, 7) is 1.03. The number of urea groups is 1. The zero-order valence-electron chi connectivity index (χ0n) is 23.1. The second-order valence-corrected chi connectivity index (χ2v) is 9.93. The number of aromatic nitrogens is 2. The van der Waals surface area contributed by atoms with E-state index in [1.54, 1.807) is 49.7 Å². The first kappa shape index (κ1) is 26.8. The first-order valence-electron chi connectivity index (χ1n) is 13.4. The third-order valence-electron chi connectivity index (χ3n) is 7.06.